The summed E-state index contributed by atoms with van der Waals surface area (Å²) in [5, 5.41) is 3.18. The molecule has 212 valence electrons. The number of nitrogens with one attached hydrogen (secondary N) is 1. The number of nitrogens with zero attached hydrogens (tertiary/aromatic N) is 2. The molecule has 0 bridgehead atoms. The van der Waals surface area contributed by atoms with Crippen LogP contribution in [0.4, 0.5) is 5.69 Å². The summed E-state index contributed by atoms with van der Waals surface area (Å²) in [6, 6.07) is 24.1. The minimum Gasteiger partial charge on any atom is -0.352 e. The first kappa shape index (κ1) is 29.3. The third kappa shape index (κ3) is 7.10. The first-order chi connectivity index (χ1) is 19.3. The quantitative estimate of drug-likeness (QED) is 0.338. The highest BCUT2D eigenvalue weighted by Gasteiger charge is 2.34. The van der Waals surface area contributed by atoms with Gasteiger partial charge >= 0.3 is 0 Å². The summed E-state index contributed by atoms with van der Waals surface area (Å²) in [4.78, 5) is 29.4. The van der Waals surface area contributed by atoms with E-state index in [-0.39, 0.29) is 23.4 Å². The van der Waals surface area contributed by atoms with Crippen LogP contribution in [0, 0.1) is 6.92 Å². The number of anilines is 1. The molecule has 0 spiro atoms. The Morgan fingerprint density at radius 3 is 2.10 bits per heavy atom. The van der Waals surface area contributed by atoms with Crippen molar-refractivity contribution < 1.29 is 18.0 Å². The zero-order valence-corrected chi connectivity index (χ0v) is 24.1. The van der Waals surface area contributed by atoms with E-state index in [1.165, 1.54) is 22.9 Å². The van der Waals surface area contributed by atoms with Crippen molar-refractivity contribution in [3.05, 3.63) is 96.1 Å². The minimum atomic E-state index is -4.07. The SMILES string of the molecule is CC[C@@H](C(=O)NC1CCCCC1)N(Cc1ccccc1)C(=O)CN(c1ccccc1C)S(=O)(=O)c1ccccc1. The number of hydrogen-bond acceptors (Lipinski definition) is 4. The second-order valence-corrected chi connectivity index (χ2v) is 12.2. The fraction of sp³-hybridized carbons (Fsp3) is 0.375. The van der Waals surface area contributed by atoms with Gasteiger partial charge in [0.1, 0.15) is 12.6 Å². The zero-order valence-electron chi connectivity index (χ0n) is 23.3. The third-order valence-electron chi connectivity index (χ3n) is 7.53. The molecule has 0 radical (unpaired) electrons. The summed E-state index contributed by atoms with van der Waals surface area (Å²) >= 11 is 0. The molecule has 1 aliphatic carbocycles. The van der Waals surface area contributed by atoms with Gasteiger partial charge in [0.25, 0.3) is 10.0 Å². The summed E-state index contributed by atoms with van der Waals surface area (Å²) in [7, 11) is -4.07. The molecule has 4 rings (SSSR count). The number of para-hydroxylation sites is 1. The van der Waals surface area contributed by atoms with E-state index < -0.39 is 28.5 Å². The largest absolute Gasteiger partial charge is 0.352 e. The topological polar surface area (TPSA) is 86.8 Å². The molecule has 0 saturated heterocycles. The van der Waals surface area contributed by atoms with E-state index in [1.807, 2.05) is 56.3 Å². The van der Waals surface area contributed by atoms with Gasteiger partial charge in [-0.1, -0.05) is 92.9 Å². The molecule has 1 aliphatic rings. The van der Waals surface area contributed by atoms with Crippen molar-refractivity contribution >= 4 is 27.5 Å². The standard InChI is InChI=1S/C32H39N3O4S/c1-3-29(32(37)33-27-18-9-5-10-19-27)34(23-26-16-7-4-8-17-26)31(36)24-35(30-22-14-13-15-25(30)2)40(38,39)28-20-11-6-12-21-28/h4,6-8,11-17,20-22,27,29H,3,5,9-10,18-19,23-24H2,1-2H3,(H,33,37)/t29-/m0/s1. The maximum Gasteiger partial charge on any atom is 0.264 e. The van der Waals surface area contributed by atoms with Crippen molar-refractivity contribution in [1.82, 2.24) is 10.2 Å². The molecule has 3 aromatic rings. The summed E-state index contributed by atoms with van der Waals surface area (Å²) in [5.74, 6) is -0.621. The van der Waals surface area contributed by atoms with E-state index >= 15 is 0 Å². The van der Waals surface area contributed by atoms with Gasteiger partial charge in [-0.3, -0.25) is 13.9 Å². The van der Waals surface area contributed by atoms with Crippen LogP contribution in [0.5, 0.6) is 0 Å². The lowest BCUT2D eigenvalue weighted by molar-refractivity contribution is -0.140. The van der Waals surface area contributed by atoms with Crippen LogP contribution in [0.25, 0.3) is 0 Å². The van der Waals surface area contributed by atoms with Crippen LogP contribution in [0.1, 0.15) is 56.6 Å². The Bertz CT molecular complexity index is 1370. The second-order valence-electron chi connectivity index (χ2n) is 10.4. The molecule has 3 aromatic carbocycles. The highest BCUT2D eigenvalue weighted by atomic mass is 32.2. The van der Waals surface area contributed by atoms with Gasteiger partial charge in [0.15, 0.2) is 0 Å². The molecule has 1 atom stereocenters. The van der Waals surface area contributed by atoms with Gasteiger partial charge in [0, 0.05) is 12.6 Å². The van der Waals surface area contributed by atoms with E-state index in [1.54, 1.807) is 35.2 Å². The number of aryl methyl sites for hydroxylation is 1. The maximum atomic E-state index is 14.2. The molecule has 0 heterocycles. The molecular weight excluding hydrogens is 522 g/mol. The lowest BCUT2D eigenvalue weighted by atomic mass is 9.95. The fourth-order valence-corrected chi connectivity index (χ4v) is 6.82. The zero-order chi connectivity index (χ0) is 28.5. The van der Waals surface area contributed by atoms with Gasteiger partial charge in [-0.05, 0) is 55.5 Å². The van der Waals surface area contributed by atoms with Crippen LogP contribution in [-0.4, -0.2) is 43.8 Å². The smallest absolute Gasteiger partial charge is 0.264 e. The summed E-state index contributed by atoms with van der Waals surface area (Å²) < 4.78 is 29.0. The van der Waals surface area contributed by atoms with E-state index in [0.717, 1.165) is 36.8 Å². The Morgan fingerprint density at radius 1 is 0.875 bits per heavy atom. The first-order valence-electron chi connectivity index (χ1n) is 14.1. The number of hydrogen-bond donors (Lipinski definition) is 1. The molecule has 8 heteroatoms. The van der Waals surface area contributed by atoms with Crippen molar-refractivity contribution in [3.63, 3.8) is 0 Å². The summed E-state index contributed by atoms with van der Waals surface area (Å²) in [6.45, 7) is 3.48. The molecule has 40 heavy (non-hydrogen) atoms. The van der Waals surface area contributed by atoms with Crippen LogP contribution in [0.3, 0.4) is 0 Å². The van der Waals surface area contributed by atoms with E-state index in [9.17, 15) is 18.0 Å². The van der Waals surface area contributed by atoms with Gasteiger partial charge in [-0.2, -0.15) is 0 Å². The van der Waals surface area contributed by atoms with Crippen molar-refractivity contribution in [2.45, 2.75) is 75.9 Å². The van der Waals surface area contributed by atoms with Crippen LogP contribution in [0.15, 0.2) is 89.8 Å². The maximum absolute atomic E-state index is 14.2. The van der Waals surface area contributed by atoms with Crippen molar-refractivity contribution in [1.29, 1.82) is 0 Å². The Hall–Kier alpha value is -3.65. The molecule has 0 aliphatic heterocycles. The van der Waals surface area contributed by atoms with Gasteiger partial charge in [-0.25, -0.2) is 8.42 Å². The van der Waals surface area contributed by atoms with Gasteiger partial charge in [0.05, 0.1) is 10.6 Å². The number of rotatable bonds is 11. The number of amides is 2. The fourth-order valence-electron chi connectivity index (χ4n) is 5.32. The Labute approximate surface area is 238 Å². The predicted molar refractivity (Wildman–Crippen MR) is 158 cm³/mol. The van der Waals surface area contributed by atoms with Crippen molar-refractivity contribution in [2.24, 2.45) is 0 Å². The van der Waals surface area contributed by atoms with Crippen LogP contribution in [0.2, 0.25) is 0 Å². The Balaban J connectivity index is 1.69. The highest BCUT2D eigenvalue weighted by molar-refractivity contribution is 7.92. The minimum absolute atomic E-state index is 0.0998. The molecule has 1 fully saturated rings. The predicted octanol–water partition coefficient (Wildman–Crippen LogP) is 5.45. The van der Waals surface area contributed by atoms with Gasteiger partial charge < -0.3 is 10.2 Å². The summed E-state index contributed by atoms with van der Waals surface area (Å²) in [5.41, 5.74) is 2.03. The normalized spacial score (nSPS) is 14.8. The number of sulfonamides is 1. The number of benzene rings is 3. The average molecular weight is 562 g/mol. The second kappa shape index (κ2) is 13.6. The molecule has 0 aromatic heterocycles. The van der Waals surface area contributed by atoms with E-state index in [4.69, 9.17) is 0 Å². The van der Waals surface area contributed by atoms with Crippen LogP contribution < -0.4 is 9.62 Å². The van der Waals surface area contributed by atoms with E-state index in [2.05, 4.69) is 5.32 Å². The average Bonchev–Trinajstić information content (AvgIpc) is 2.97. The molecule has 0 unspecified atom stereocenters. The Morgan fingerprint density at radius 2 is 1.48 bits per heavy atom. The van der Waals surface area contributed by atoms with Crippen LogP contribution in [-0.2, 0) is 26.2 Å². The molecule has 2 amide bonds. The molecular formula is C32H39N3O4S. The molecule has 1 saturated carbocycles. The van der Waals surface area contributed by atoms with Gasteiger partial charge in [-0.15, -0.1) is 0 Å². The van der Waals surface area contributed by atoms with Crippen molar-refractivity contribution in [2.75, 3.05) is 10.8 Å². The van der Waals surface area contributed by atoms with E-state index in [0.29, 0.717) is 12.1 Å². The first-order valence-corrected chi connectivity index (χ1v) is 15.5. The molecule has 1 N–H and O–H groups in total. The number of carbonyl (C=O) groups is 2. The summed E-state index contributed by atoms with van der Waals surface area (Å²) in [6.07, 6.45) is 5.62. The van der Waals surface area contributed by atoms with Crippen LogP contribution >= 0.6 is 0 Å². The molecule has 7 nitrogen and oxygen atoms in total. The van der Waals surface area contributed by atoms with Gasteiger partial charge in [0.2, 0.25) is 11.8 Å². The number of carbonyl (C=O) groups excluding carboxylic acids is 2. The monoisotopic (exact) mass is 561 g/mol. The van der Waals surface area contributed by atoms with Crippen molar-refractivity contribution in [3.8, 4) is 0 Å². The Kier molecular flexibility index (Phi) is 9.98. The lowest BCUT2D eigenvalue weighted by Gasteiger charge is -2.34. The highest BCUT2D eigenvalue weighted by Crippen LogP contribution is 2.27. The third-order valence-corrected chi connectivity index (χ3v) is 9.30. The lowest BCUT2D eigenvalue weighted by Crippen LogP contribution is -2.54.